The van der Waals surface area contributed by atoms with Gasteiger partial charge in [0.25, 0.3) is 5.56 Å². The molecule has 146 valence electrons. The molecule has 0 radical (unpaired) electrons. The van der Waals surface area contributed by atoms with Gasteiger partial charge in [-0.3, -0.25) is 4.79 Å². The van der Waals surface area contributed by atoms with Crippen LogP contribution in [-0.4, -0.2) is 19.2 Å². The van der Waals surface area contributed by atoms with E-state index in [4.69, 9.17) is 0 Å². The van der Waals surface area contributed by atoms with Crippen molar-refractivity contribution >= 4 is 36.5 Å². The quantitative estimate of drug-likeness (QED) is 0.429. The van der Waals surface area contributed by atoms with Crippen LogP contribution in [0.2, 0.25) is 0 Å². The molecule has 0 saturated carbocycles. The SMILES string of the molecule is CS(=O)(=O)c1ccc(Cn2cc(-c3ccccc3)c3cc(Br)ccc3c2=O)cc1. The molecular formula is C23H18BrNO3S. The Bertz CT molecular complexity index is 1360. The minimum atomic E-state index is -3.25. The first-order valence-corrected chi connectivity index (χ1v) is 11.7. The lowest BCUT2D eigenvalue weighted by Gasteiger charge is -2.13. The van der Waals surface area contributed by atoms with Crippen LogP contribution in [0.25, 0.3) is 21.9 Å². The lowest BCUT2D eigenvalue weighted by Crippen LogP contribution is -2.21. The number of fused-ring (bicyclic) bond motifs is 1. The summed E-state index contributed by atoms with van der Waals surface area (Å²) in [5.41, 5.74) is 2.76. The van der Waals surface area contributed by atoms with Gasteiger partial charge in [0.1, 0.15) is 0 Å². The van der Waals surface area contributed by atoms with E-state index in [0.29, 0.717) is 11.9 Å². The Kier molecular flexibility index (Phi) is 5.15. The summed E-state index contributed by atoms with van der Waals surface area (Å²) in [5.74, 6) is 0. The highest BCUT2D eigenvalue weighted by molar-refractivity contribution is 9.10. The first-order valence-electron chi connectivity index (χ1n) is 9.00. The van der Waals surface area contributed by atoms with E-state index >= 15 is 0 Å². The van der Waals surface area contributed by atoms with Crippen LogP contribution in [0.3, 0.4) is 0 Å². The molecule has 0 unspecified atom stereocenters. The van der Waals surface area contributed by atoms with E-state index in [9.17, 15) is 13.2 Å². The number of hydrogen-bond acceptors (Lipinski definition) is 3. The number of rotatable bonds is 4. The molecule has 4 nitrogen and oxygen atoms in total. The summed E-state index contributed by atoms with van der Waals surface area (Å²) in [5, 5.41) is 1.53. The van der Waals surface area contributed by atoms with Gasteiger partial charge < -0.3 is 4.57 Å². The molecule has 1 heterocycles. The summed E-state index contributed by atoms with van der Waals surface area (Å²) in [7, 11) is -3.25. The second kappa shape index (κ2) is 7.61. The van der Waals surface area contributed by atoms with E-state index in [-0.39, 0.29) is 10.5 Å². The standard InChI is InChI=1S/C23H18BrNO3S/c1-29(27,28)19-10-7-16(8-11-19)14-25-15-22(17-5-3-2-4-6-17)21-13-18(24)9-12-20(21)23(25)26/h2-13,15H,14H2,1H3. The lowest BCUT2D eigenvalue weighted by molar-refractivity contribution is 0.602. The van der Waals surface area contributed by atoms with Crippen LogP contribution < -0.4 is 5.56 Å². The van der Waals surface area contributed by atoms with Crippen molar-refractivity contribution in [3.05, 3.63) is 99.4 Å². The van der Waals surface area contributed by atoms with Crippen LogP contribution >= 0.6 is 15.9 Å². The molecule has 0 aliphatic rings. The number of halogens is 1. The Morgan fingerprint density at radius 3 is 2.24 bits per heavy atom. The monoisotopic (exact) mass is 467 g/mol. The van der Waals surface area contributed by atoms with Crippen molar-refractivity contribution in [1.82, 2.24) is 4.57 Å². The van der Waals surface area contributed by atoms with Crippen LogP contribution in [-0.2, 0) is 16.4 Å². The van der Waals surface area contributed by atoms with Crippen LogP contribution in [0.4, 0.5) is 0 Å². The van der Waals surface area contributed by atoms with Gasteiger partial charge in [-0.2, -0.15) is 0 Å². The van der Waals surface area contributed by atoms with Gasteiger partial charge in [-0.1, -0.05) is 58.4 Å². The van der Waals surface area contributed by atoms with Crippen molar-refractivity contribution in [2.45, 2.75) is 11.4 Å². The summed E-state index contributed by atoms with van der Waals surface area (Å²) >= 11 is 3.50. The fourth-order valence-electron chi connectivity index (χ4n) is 3.37. The number of benzene rings is 3. The van der Waals surface area contributed by atoms with E-state index < -0.39 is 9.84 Å². The van der Waals surface area contributed by atoms with Gasteiger partial charge in [0.05, 0.1) is 11.4 Å². The molecule has 4 rings (SSSR count). The number of aromatic nitrogens is 1. The Morgan fingerprint density at radius 1 is 0.897 bits per heavy atom. The second-order valence-electron chi connectivity index (χ2n) is 6.95. The fraction of sp³-hybridized carbons (Fsp3) is 0.0870. The molecule has 0 aliphatic carbocycles. The van der Waals surface area contributed by atoms with Gasteiger partial charge >= 0.3 is 0 Å². The highest BCUT2D eigenvalue weighted by atomic mass is 79.9. The summed E-state index contributed by atoms with van der Waals surface area (Å²) in [4.78, 5) is 13.4. The zero-order chi connectivity index (χ0) is 20.6. The molecule has 4 aromatic rings. The molecule has 29 heavy (non-hydrogen) atoms. The van der Waals surface area contributed by atoms with Crippen LogP contribution in [0, 0.1) is 0 Å². The van der Waals surface area contributed by atoms with Gasteiger partial charge in [0.15, 0.2) is 9.84 Å². The number of sulfone groups is 1. The van der Waals surface area contributed by atoms with E-state index in [2.05, 4.69) is 15.9 Å². The molecule has 6 heteroatoms. The zero-order valence-corrected chi connectivity index (χ0v) is 18.1. The smallest absolute Gasteiger partial charge is 0.258 e. The molecule has 3 aromatic carbocycles. The molecular weight excluding hydrogens is 450 g/mol. The number of hydrogen-bond donors (Lipinski definition) is 0. The Morgan fingerprint density at radius 2 is 1.59 bits per heavy atom. The first-order chi connectivity index (χ1) is 13.8. The maximum atomic E-state index is 13.1. The molecule has 1 aromatic heterocycles. The summed E-state index contributed by atoms with van der Waals surface area (Å²) in [6.07, 6.45) is 3.05. The van der Waals surface area contributed by atoms with Crippen molar-refractivity contribution in [2.75, 3.05) is 6.26 Å². The molecule has 0 amide bonds. The molecule has 0 N–H and O–H groups in total. The topological polar surface area (TPSA) is 56.1 Å². The predicted octanol–water partition coefficient (Wildman–Crippen LogP) is 4.88. The Labute approximate surface area is 177 Å². The van der Waals surface area contributed by atoms with Crippen molar-refractivity contribution in [1.29, 1.82) is 0 Å². The van der Waals surface area contributed by atoms with Gasteiger partial charge in [-0.15, -0.1) is 0 Å². The van der Waals surface area contributed by atoms with Crippen LogP contribution in [0.15, 0.2) is 93.2 Å². The second-order valence-corrected chi connectivity index (χ2v) is 9.88. The third kappa shape index (κ3) is 4.04. The maximum Gasteiger partial charge on any atom is 0.258 e. The minimum Gasteiger partial charge on any atom is -0.310 e. The van der Waals surface area contributed by atoms with Gasteiger partial charge in [-0.25, -0.2) is 8.42 Å². The third-order valence-electron chi connectivity index (χ3n) is 4.84. The highest BCUT2D eigenvalue weighted by Crippen LogP contribution is 2.29. The molecule has 0 saturated heterocycles. The van der Waals surface area contributed by atoms with Gasteiger partial charge in [0, 0.05) is 27.9 Å². The van der Waals surface area contributed by atoms with Crippen LogP contribution in [0.5, 0.6) is 0 Å². The predicted molar refractivity (Wildman–Crippen MR) is 120 cm³/mol. The Hall–Kier alpha value is -2.70. The molecule has 0 bridgehead atoms. The molecule has 0 atom stereocenters. The molecule has 0 aliphatic heterocycles. The largest absolute Gasteiger partial charge is 0.310 e. The van der Waals surface area contributed by atoms with Gasteiger partial charge in [0.2, 0.25) is 0 Å². The van der Waals surface area contributed by atoms with Crippen molar-refractivity contribution in [2.24, 2.45) is 0 Å². The first kappa shape index (κ1) is 19.6. The fourth-order valence-corrected chi connectivity index (χ4v) is 4.36. The third-order valence-corrected chi connectivity index (χ3v) is 6.46. The van der Waals surface area contributed by atoms with Crippen molar-refractivity contribution < 1.29 is 8.42 Å². The minimum absolute atomic E-state index is 0.0839. The average Bonchev–Trinajstić information content (AvgIpc) is 2.70. The van der Waals surface area contributed by atoms with Crippen LogP contribution in [0.1, 0.15) is 5.56 Å². The zero-order valence-electron chi connectivity index (χ0n) is 15.7. The normalized spacial score (nSPS) is 11.7. The Balaban J connectivity index is 1.86. The average molecular weight is 468 g/mol. The van der Waals surface area contributed by atoms with E-state index in [1.54, 1.807) is 28.8 Å². The van der Waals surface area contributed by atoms with Crippen molar-refractivity contribution in [3.8, 4) is 11.1 Å². The molecule has 0 fully saturated rings. The lowest BCUT2D eigenvalue weighted by atomic mass is 10.0. The van der Waals surface area contributed by atoms with Crippen molar-refractivity contribution in [3.63, 3.8) is 0 Å². The number of nitrogens with zero attached hydrogens (tertiary/aromatic N) is 1. The molecule has 0 spiro atoms. The summed E-state index contributed by atoms with van der Waals surface area (Å²) in [6.45, 7) is 0.356. The highest BCUT2D eigenvalue weighted by Gasteiger charge is 2.12. The van der Waals surface area contributed by atoms with E-state index in [0.717, 1.165) is 26.5 Å². The summed E-state index contributed by atoms with van der Waals surface area (Å²) in [6, 6.07) is 22.2. The summed E-state index contributed by atoms with van der Waals surface area (Å²) < 4.78 is 25.9. The van der Waals surface area contributed by atoms with Gasteiger partial charge in [-0.05, 0) is 46.8 Å². The number of pyridine rings is 1. The van der Waals surface area contributed by atoms with E-state index in [1.165, 1.54) is 6.26 Å². The maximum absolute atomic E-state index is 13.1. The van der Waals surface area contributed by atoms with E-state index in [1.807, 2.05) is 54.7 Å².